The quantitative estimate of drug-likeness (QED) is 0.639. The number of nitrogens with zero attached hydrogens (tertiary/aromatic N) is 2. The van der Waals surface area contributed by atoms with Crippen molar-refractivity contribution in [2.24, 2.45) is 0 Å². The minimum Gasteiger partial charge on any atom is -0.462 e. The third-order valence-corrected chi connectivity index (χ3v) is 3.66. The smallest absolute Gasteiger partial charge is 0.342 e. The molecule has 0 amide bonds. The number of carbonyl (C=O) groups excluding carboxylic acids is 1. The molecule has 2 N–H and O–H groups in total. The van der Waals surface area contributed by atoms with Gasteiger partial charge in [-0.25, -0.2) is 4.79 Å². The number of esters is 1. The van der Waals surface area contributed by atoms with E-state index >= 15 is 0 Å². The van der Waals surface area contributed by atoms with Crippen molar-refractivity contribution in [3.05, 3.63) is 41.7 Å². The molecule has 0 aliphatic rings. The lowest BCUT2D eigenvalue weighted by Gasteiger charge is -2.12. The summed E-state index contributed by atoms with van der Waals surface area (Å²) in [4.78, 5) is 21.4. The highest BCUT2D eigenvalue weighted by atomic mass is 16.5. The second-order valence-electron chi connectivity index (χ2n) is 6.12. The molecule has 26 heavy (non-hydrogen) atoms. The Bertz CT molecular complexity index is 919. The van der Waals surface area contributed by atoms with E-state index in [1.807, 2.05) is 44.2 Å². The molecule has 0 saturated heterocycles. The van der Waals surface area contributed by atoms with Crippen LogP contribution in [0.25, 0.3) is 11.1 Å². The van der Waals surface area contributed by atoms with Crippen LogP contribution < -0.4 is 10.6 Å². The van der Waals surface area contributed by atoms with Gasteiger partial charge in [0.2, 0.25) is 11.7 Å². The molecule has 0 aliphatic carbocycles. The Kier molecular flexibility index (Phi) is 5.06. The highest BCUT2D eigenvalue weighted by molar-refractivity contribution is 6.08. The summed E-state index contributed by atoms with van der Waals surface area (Å²) in [6.07, 6.45) is 0. The first kappa shape index (κ1) is 17.7. The molecule has 1 aromatic carbocycles. The number of rotatable bonds is 6. The number of aryl methyl sites for hydroxylation is 1. The van der Waals surface area contributed by atoms with E-state index in [0.29, 0.717) is 34.2 Å². The van der Waals surface area contributed by atoms with E-state index in [0.717, 1.165) is 5.69 Å². The molecule has 3 aromatic rings. The molecule has 136 valence electrons. The first-order valence-electron chi connectivity index (χ1n) is 8.56. The second kappa shape index (κ2) is 7.43. The lowest BCUT2D eigenvalue weighted by Crippen LogP contribution is -2.14. The maximum atomic E-state index is 12.4. The van der Waals surface area contributed by atoms with Gasteiger partial charge in [-0.1, -0.05) is 18.2 Å². The predicted octanol–water partition coefficient (Wildman–Crippen LogP) is 4.27. The van der Waals surface area contributed by atoms with Gasteiger partial charge in [0.05, 0.1) is 12.0 Å². The van der Waals surface area contributed by atoms with Gasteiger partial charge in [0, 0.05) is 11.7 Å². The second-order valence-corrected chi connectivity index (χ2v) is 6.12. The monoisotopic (exact) mass is 354 g/mol. The minimum atomic E-state index is -0.442. The molecule has 3 rings (SSSR count). The van der Waals surface area contributed by atoms with Crippen molar-refractivity contribution in [2.45, 2.75) is 33.7 Å². The van der Waals surface area contributed by atoms with Crippen LogP contribution in [0.3, 0.4) is 0 Å². The van der Waals surface area contributed by atoms with Crippen molar-refractivity contribution < 1.29 is 13.9 Å². The van der Waals surface area contributed by atoms with E-state index in [1.165, 1.54) is 0 Å². The molecule has 7 nitrogen and oxygen atoms in total. The van der Waals surface area contributed by atoms with Crippen LogP contribution >= 0.6 is 0 Å². The van der Waals surface area contributed by atoms with Crippen molar-refractivity contribution in [1.82, 2.24) is 9.97 Å². The summed E-state index contributed by atoms with van der Waals surface area (Å²) in [6.45, 7) is 7.76. The van der Waals surface area contributed by atoms with Gasteiger partial charge in [-0.05, 0) is 39.8 Å². The molecule has 0 fully saturated rings. The van der Waals surface area contributed by atoms with Gasteiger partial charge < -0.3 is 19.8 Å². The Morgan fingerprint density at radius 2 is 1.96 bits per heavy atom. The number of hydrogen-bond acceptors (Lipinski definition) is 7. The summed E-state index contributed by atoms with van der Waals surface area (Å²) in [5.41, 5.74) is 1.55. The summed E-state index contributed by atoms with van der Waals surface area (Å²) in [7, 11) is 0. The zero-order valence-corrected chi connectivity index (χ0v) is 15.3. The van der Waals surface area contributed by atoms with Crippen LogP contribution in [-0.4, -0.2) is 28.6 Å². The maximum Gasteiger partial charge on any atom is 0.342 e. The molecule has 0 unspecified atom stereocenters. The van der Waals surface area contributed by atoms with E-state index in [1.54, 1.807) is 13.8 Å². The number of furan rings is 1. The first-order chi connectivity index (χ1) is 12.5. The number of fused-ring (bicyclic) bond motifs is 1. The van der Waals surface area contributed by atoms with Crippen molar-refractivity contribution in [2.75, 3.05) is 17.2 Å². The van der Waals surface area contributed by atoms with Gasteiger partial charge in [0.25, 0.3) is 0 Å². The number of carbonyl (C=O) groups is 1. The zero-order chi connectivity index (χ0) is 18.7. The largest absolute Gasteiger partial charge is 0.462 e. The lowest BCUT2D eigenvalue weighted by atomic mass is 10.1. The SMILES string of the molecule is CCOC(=O)c1c(C)oc2nc(Nc3ccccc3)nc(NC(C)C)c12. The van der Waals surface area contributed by atoms with Crippen LogP contribution in [0.4, 0.5) is 17.5 Å². The topological polar surface area (TPSA) is 89.3 Å². The molecular formula is C19H22N4O3. The Morgan fingerprint density at radius 1 is 1.23 bits per heavy atom. The number of hydrogen-bond donors (Lipinski definition) is 2. The number of ether oxygens (including phenoxy) is 1. The third kappa shape index (κ3) is 3.61. The molecule has 0 atom stereocenters. The Labute approximate surface area is 151 Å². The molecule has 0 aliphatic heterocycles. The van der Waals surface area contributed by atoms with E-state index < -0.39 is 5.97 Å². The van der Waals surface area contributed by atoms with E-state index in [2.05, 4.69) is 20.6 Å². The molecule has 2 aromatic heterocycles. The summed E-state index contributed by atoms with van der Waals surface area (Å²) in [5.74, 6) is 0.929. The van der Waals surface area contributed by atoms with Crippen molar-refractivity contribution in [1.29, 1.82) is 0 Å². The molecule has 0 radical (unpaired) electrons. The van der Waals surface area contributed by atoms with Crippen molar-refractivity contribution in [3.63, 3.8) is 0 Å². The fourth-order valence-electron chi connectivity index (χ4n) is 2.64. The summed E-state index contributed by atoms with van der Waals surface area (Å²) in [6, 6.07) is 9.72. The van der Waals surface area contributed by atoms with Gasteiger partial charge in [-0.3, -0.25) is 0 Å². The molecule has 0 saturated carbocycles. The third-order valence-electron chi connectivity index (χ3n) is 3.66. The molecule has 0 spiro atoms. The maximum absolute atomic E-state index is 12.4. The molecule has 2 heterocycles. The fourth-order valence-corrected chi connectivity index (χ4v) is 2.64. The number of para-hydroxylation sites is 1. The molecule has 7 heteroatoms. The number of anilines is 3. The van der Waals surface area contributed by atoms with Crippen LogP contribution in [-0.2, 0) is 4.74 Å². The standard InChI is InChI=1S/C19H22N4O3/c1-5-25-18(24)14-12(4)26-17-15(14)16(20-11(2)3)22-19(23-17)21-13-9-7-6-8-10-13/h6-11H,5H2,1-4H3,(H2,20,21,22,23). The van der Waals surface area contributed by atoms with E-state index in [4.69, 9.17) is 9.15 Å². The number of aromatic nitrogens is 2. The van der Waals surface area contributed by atoms with Crippen molar-refractivity contribution >= 4 is 34.5 Å². The van der Waals surface area contributed by atoms with Crippen LogP contribution in [0.1, 0.15) is 36.9 Å². The average molecular weight is 354 g/mol. The zero-order valence-electron chi connectivity index (χ0n) is 15.3. The number of benzene rings is 1. The Balaban J connectivity index is 2.12. The average Bonchev–Trinajstić information content (AvgIpc) is 2.91. The van der Waals surface area contributed by atoms with Crippen LogP contribution in [0.5, 0.6) is 0 Å². The lowest BCUT2D eigenvalue weighted by molar-refractivity contribution is 0.0526. The Morgan fingerprint density at radius 3 is 2.62 bits per heavy atom. The number of nitrogens with one attached hydrogen (secondary N) is 2. The summed E-state index contributed by atoms with van der Waals surface area (Å²) >= 11 is 0. The van der Waals surface area contributed by atoms with Crippen molar-refractivity contribution in [3.8, 4) is 0 Å². The summed E-state index contributed by atoms with van der Waals surface area (Å²) < 4.78 is 10.9. The summed E-state index contributed by atoms with van der Waals surface area (Å²) in [5, 5.41) is 6.96. The van der Waals surface area contributed by atoms with Crippen LogP contribution in [0.15, 0.2) is 34.7 Å². The van der Waals surface area contributed by atoms with Gasteiger partial charge in [0.15, 0.2) is 0 Å². The highest BCUT2D eigenvalue weighted by Crippen LogP contribution is 2.32. The van der Waals surface area contributed by atoms with Gasteiger partial charge in [-0.15, -0.1) is 0 Å². The van der Waals surface area contributed by atoms with Gasteiger partial charge in [-0.2, -0.15) is 9.97 Å². The van der Waals surface area contributed by atoms with E-state index in [9.17, 15) is 4.79 Å². The van der Waals surface area contributed by atoms with E-state index in [-0.39, 0.29) is 12.6 Å². The highest BCUT2D eigenvalue weighted by Gasteiger charge is 2.25. The Hall–Kier alpha value is -3.09. The van der Waals surface area contributed by atoms with Gasteiger partial charge >= 0.3 is 5.97 Å². The molecule has 0 bridgehead atoms. The fraction of sp³-hybridized carbons (Fsp3) is 0.316. The first-order valence-corrected chi connectivity index (χ1v) is 8.56. The van der Waals surface area contributed by atoms with Gasteiger partial charge in [0.1, 0.15) is 17.1 Å². The van der Waals surface area contributed by atoms with Crippen LogP contribution in [0, 0.1) is 6.92 Å². The van der Waals surface area contributed by atoms with Crippen LogP contribution in [0.2, 0.25) is 0 Å². The molecular weight excluding hydrogens is 332 g/mol. The predicted molar refractivity (Wildman–Crippen MR) is 101 cm³/mol. The normalized spacial score (nSPS) is 11.0. The minimum absolute atomic E-state index is 0.114.